The highest BCUT2D eigenvalue weighted by Gasteiger charge is 2.14. The summed E-state index contributed by atoms with van der Waals surface area (Å²) < 4.78 is 11.0. The number of aryl methyl sites for hydroxylation is 1. The van der Waals surface area contributed by atoms with E-state index in [-0.39, 0.29) is 5.91 Å². The van der Waals surface area contributed by atoms with Gasteiger partial charge in [-0.1, -0.05) is 36.4 Å². The monoisotopic (exact) mass is 351 g/mol. The zero-order valence-corrected chi connectivity index (χ0v) is 14.9. The van der Waals surface area contributed by atoms with Gasteiger partial charge in [0, 0.05) is 37.6 Å². The van der Waals surface area contributed by atoms with Gasteiger partial charge in [0.25, 0.3) is 0 Å². The first-order chi connectivity index (χ1) is 12.7. The number of amides is 1. The zero-order chi connectivity index (χ0) is 18.4. The molecule has 0 saturated heterocycles. The third-order valence-corrected chi connectivity index (χ3v) is 4.07. The lowest BCUT2D eigenvalue weighted by molar-refractivity contribution is -0.130. The highest BCUT2D eigenvalue weighted by Crippen LogP contribution is 2.20. The number of aromatic nitrogens is 2. The average Bonchev–Trinajstić information content (AvgIpc) is 3.16. The maximum absolute atomic E-state index is 12.4. The van der Waals surface area contributed by atoms with E-state index in [1.165, 1.54) is 0 Å². The molecule has 3 rings (SSSR count). The van der Waals surface area contributed by atoms with Crippen LogP contribution < -0.4 is 4.74 Å². The Balaban J connectivity index is 1.56. The van der Waals surface area contributed by atoms with E-state index in [1.807, 2.05) is 54.6 Å². The summed E-state index contributed by atoms with van der Waals surface area (Å²) in [6.07, 6.45) is 0.719. The molecule has 6 nitrogen and oxygen atoms in total. The summed E-state index contributed by atoms with van der Waals surface area (Å²) in [6.45, 7) is 0.488. The number of rotatable bonds is 7. The lowest BCUT2D eigenvalue weighted by Crippen LogP contribution is -2.26. The molecule has 0 aliphatic rings. The van der Waals surface area contributed by atoms with E-state index in [0.717, 1.165) is 16.9 Å². The third kappa shape index (κ3) is 4.27. The molecule has 3 aromatic rings. The van der Waals surface area contributed by atoms with E-state index < -0.39 is 0 Å². The molecule has 1 heterocycles. The van der Waals surface area contributed by atoms with Crippen molar-refractivity contribution in [2.45, 2.75) is 19.4 Å². The molecule has 1 aromatic heterocycles. The predicted octanol–water partition coefficient (Wildman–Crippen LogP) is 3.34. The summed E-state index contributed by atoms with van der Waals surface area (Å²) in [5.41, 5.74) is 1.83. The highest BCUT2D eigenvalue weighted by atomic mass is 16.5. The summed E-state index contributed by atoms with van der Waals surface area (Å²) in [6, 6.07) is 17.2. The first-order valence-electron chi connectivity index (χ1n) is 8.41. The van der Waals surface area contributed by atoms with E-state index in [2.05, 4.69) is 10.2 Å². The second-order valence-electron chi connectivity index (χ2n) is 5.93. The Labute approximate surface area is 152 Å². The number of hydrogen-bond donors (Lipinski definition) is 0. The minimum Gasteiger partial charge on any atom is -0.496 e. The van der Waals surface area contributed by atoms with Gasteiger partial charge in [-0.05, 0) is 18.2 Å². The van der Waals surface area contributed by atoms with Gasteiger partial charge in [-0.25, -0.2) is 0 Å². The first-order valence-corrected chi connectivity index (χ1v) is 8.41. The summed E-state index contributed by atoms with van der Waals surface area (Å²) in [7, 11) is 3.40. The highest BCUT2D eigenvalue weighted by molar-refractivity contribution is 5.76. The van der Waals surface area contributed by atoms with Crippen molar-refractivity contribution in [3.63, 3.8) is 0 Å². The van der Waals surface area contributed by atoms with Crippen LogP contribution in [-0.2, 0) is 17.8 Å². The summed E-state index contributed by atoms with van der Waals surface area (Å²) >= 11 is 0. The van der Waals surface area contributed by atoms with Crippen molar-refractivity contribution in [2.24, 2.45) is 0 Å². The third-order valence-electron chi connectivity index (χ3n) is 4.07. The SMILES string of the molecule is COc1ccccc1CN(C)C(=O)CCc1nnc(-c2ccccc2)o1. The van der Waals surface area contributed by atoms with Crippen LogP contribution >= 0.6 is 0 Å². The van der Waals surface area contributed by atoms with Gasteiger partial charge in [0.15, 0.2) is 0 Å². The quantitative estimate of drug-likeness (QED) is 0.653. The molecule has 0 unspecified atom stereocenters. The summed E-state index contributed by atoms with van der Waals surface area (Å²) in [4.78, 5) is 14.1. The average molecular weight is 351 g/mol. The molecular weight excluding hydrogens is 330 g/mol. The molecule has 0 aliphatic heterocycles. The number of carbonyl (C=O) groups excluding carboxylic acids is 1. The number of para-hydroxylation sites is 1. The summed E-state index contributed by atoms with van der Waals surface area (Å²) in [5, 5.41) is 8.07. The molecule has 0 saturated carbocycles. The van der Waals surface area contributed by atoms with Crippen LogP contribution in [0.15, 0.2) is 59.0 Å². The second-order valence-corrected chi connectivity index (χ2v) is 5.93. The Bertz CT molecular complexity index is 862. The Hall–Kier alpha value is -3.15. The van der Waals surface area contributed by atoms with Crippen LogP contribution in [-0.4, -0.2) is 35.2 Å². The van der Waals surface area contributed by atoms with E-state index in [1.54, 1.807) is 19.1 Å². The Morgan fingerprint density at radius 2 is 1.81 bits per heavy atom. The fraction of sp³-hybridized carbons (Fsp3) is 0.250. The first kappa shape index (κ1) is 17.7. The van der Waals surface area contributed by atoms with Gasteiger partial charge in [0.1, 0.15) is 5.75 Å². The molecule has 26 heavy (non-hydrogen) atoms. The van der Waals surface area contributed by atoms with Crippen LogP contribution in [0.4, 0.5) is 0 Å². The predicted molar refractivity (Wildman–Crippen MR) is 97.5 cm³/mol. The fourth-order valence-corrected chi connectivity index (χ4v) is 2.63. The normalized spacial score (nSPS) is 10.5. The fourth-order valence-electron chi connectivity index (χ4n) is 2.63. The van der Waals surface area contributed by atoms with Gasteiger partial charge in [-0.2, -0.15) is 0 Å². The van der Waals surface area contributed by atoms with Crippen LogP contribution in [0, 0.1) is 0 Å². The Morgan fingerprint density at radius 1 is 1.08 bits per heavy atom. The molecule has 0 bridgehead atoms. The largest absolute Gasteiger partial charge is 0.496 e. The molecule has 0 N–H and O–H groups in total. The van der Waals surface area contributed by atoms with Crippen molar-refractivity contribution < 1.29 is 13.9 Å². The van der Waals surface area contributed by atoms with Crippen molar-refractivity contribution in [2.75, 3.05) is 14.2 Å². The van der Waals surface area contributed by atoms with E-state index >= 15 is 0 Å². The molecule has 0 aliphatic carbocycles. The molecule has 1 amide bonds. The van der Waals surface area contributed by atoms with E-state index in [0.29, 0.717) is 31.2 Å². The molecule has 2 aromatic carbocycles. The van der Waals surface area contributed by atoms with Crippen molar-refractivity contribution in [1.29, 1.82) is 0 Å². The number of methoxy groups -OCH3 is 1. The topological polar surface area (TPSA) is 68.5 Å². The van der Waals surface area contributed by atoms with Gasteiger partial charge in [-0.3, -0.25) is 4.79 Å². The van der Waals surface area contributed by atoms with E-state index in [9.17, 15) is 4.79 Å². The standard InChI is InChI=1S/C20H21N3O3/c1-23(14-16-10-6-7-11-17(16)25-2)19(24)13-12-18-21-22-20(26-18)15-8-4-3-5-9-15/h3-11H,12-14H2,1-2H3. The molecule has 134 valence electrons. The molecule has 0 fully saturated rings. The van der Waals surface area contributed by atoms with Gasteiger partial charge in [-0.15, -0.1) is 10.2 Å². The molecule has 0 spiro atoms. The molecular formula is C20H21N3O3. The van der Waals surface area contributed by atoms with Crippen LogP contribution in [0.25, 0.3) is 11.5 Å². The van der Waals surface area contributed by atoms with Gasteiger partial charge >= 0.3 is 0 Å². The van der Waals surface area contributed by atoms with Crippen LogP contribution in [0.1, 0.15) is 17.9 Å². The number of benzene rings is 2. The number of nitrogens with zero attached hydrogens (tertiary/aromatic N) is 3. The van der Waals surface area contributed by atoms with Gasteiger partial charge in [0.2, 0.25) is 17.7 Å². The van der Waals surface area contributed by atoms with Crippen LogP contribution in [0.2, 0.25) is 0 Å². The molecule has 0 radical (unpaired) electrons. The minimum atomic E-state index is 0.00960. The van der Waals surface area contributed by atoms with Crippen LogP contribution in [0.3, 0.4) is 0 Å². The smallest absolute Gasteiger partial charge is 0.247 e. The molecule has 6 heteroatoms. The number of ether oxygens (including phenoxy) is 1. The van der Waals surface area contributed by atoms with Crippen molar-refractivity contribution in [3.8, 4) is 17.2 Å². The van der Waals surface area contributed by atoms with Gasteiger partial charge in [0.05, 0.1) is 7.11 Å². The Kier molecular flexibility index (Phi) is 5.63. The van der Waals surface area contributed by atoms with Crippen LogP contribution in [0.5, 0.6) is 5.75 Å². The number of carbonyl (C=O) groups is 1. The maximum atomic E-state index is 12.4. The zero-order valence-electron chi connectivity index (χ0n) is 14.9. The Morgan fingerprint density at radius 3 is 2.58 bits per heavy atom. The van der Waals surface area contributed by atoms with Gasteiger partial charge < -0.3 is 14.1 Å². The minimum absolute atomic E-state index is 0.00960. The molecule has 0 atom stereocenters. The van der Waals surface area contributed by atoms with Crippen molar-refractivity contribution in [1.82, 2.24) is 15.1 Å². The van der Waals surface area contributed by atoms with Crippen molar-refractivity contribution >= 4 is 5.91 Å². The lowest BCUT2D eigenvalue weighted by atomic mass is 10.2. The lowest BCUT2D eigenvalue weighted by Gasteiger charge is -2.18. The summed E-state index contributed by atoms with van der Waals surface area (Å²) in [5.74, 6) is 1.71. The maximum Gasteiger partial charge on any atom is 0.247 e. The van der Waals surface area contributed by atoms with Crippen molar-refractivity contribution in [3.05, 3.63) is 66.1 Å². The second kappa shape index (κ2) is 8.29. The van der Waals surface area contributed by atoms with E-state index in [4.69, 9.17) is 9.15 Å². The number of hydrogen-bond acceptors (Lipinski definition) is 5.